The number of amides is 3. The predicted molar refractivity (Wildman–Crippen MR) is 49.5 cm³/mol. The number of nitrogens with one attached hydrogen (secondary N) is 2. The molecule has 1 unspecified atom stereocenters. The molecule has 2 aliphatic heterocycles. The number of hydrogen-bond acceptors (Lipinski definition) is 5. The van der Waals surface area contributed by atoms with E-state index in [0.29, 0.717) is 13.1 Å². The van der Waals surface area contributed by atoms with E-state index in [0.717, 1.165) is 11.8 Å². The lowest BCUT2D eigenvalue weighted by Gasteiger charge is -2.28. The molecule has 0 bridgehead atoms. The van der Waals surface area contributed by atoms with Gasteiger partial charge in [0.2, 0.25) is 5.91 Å². The summed E-state index contributed by atoms with van der Waals surface area (Å²) in [5.74, 6) is -0.432. The molecule has 14 heavy (non-hydrogen) atoms. The molecule has 3 amide bonds. The van der Waals surface area contributed by atoms with E-state index in [1.165, 1.54) is 0 Å². The molecule has 2 fully saturated rings. The van der Waals surface area contributed by atoms with Crippen LogP contribution in [0.1, 0.15) is 0 Å². The van der Waals surface area contributed by atoms with E-state index in [4.69, 9.17) is 0 Å². The zero-order valence-corrected chi connectivity index (χ0v) is 8.10. The molecule has 0 aliphatic carbocycles. The maximum absolute atomic E-state index is 11.3. The monoisotopic (exact) mass is 215 g/mol. The summed E-state index contributed by atoms with van der Waals surface area (Å²) in [4.78, 5) is 34.9. The highest BCUT2D eigenvalue weighted by molar-refractivity contribution is 8.15. The third kappa shape index (κ3) is 1.73. The van der Waals surface area contributed by atoms with E-state index >= 15 is 0 Å². The van der Waals surface area contributed by atoms with Gasteiger partial charge in [-0.2, -0.15) is 0 Å². The van der Waals surface area contributed by atoms with Gasteiger partial charge in [-0.25, -0.2) is 0 Å². The third-order valence-electron chi connectivity index (χ3n) is 2.07. The number of carbonyl (C=O) groups is 3. The van der Waals surface area contributed by atoms with Crippen LogP contribution in [0.3, 0.4) is 0 Å². The van der Waals surface area contributed by atoms with E-state index < -0.39 is 5.37 Å². The Morgan fingerprint density at radius 3 is 2.71 bits per heavy atom. The topological polar surface area (TPSA) is 78.5 Å². The Bertz CT molecular complexity index is 307. The van der Waals surface area contributed by atoms with Crippen molar-refractivity contribution in [3.05, 3.63) is 0 Å². The Labute approximate surface area is 84.4 Å². The van der Waals surface area contributed by atoms with Crippen LogP contribution in [0.4, 0.5) is 4.79 Å². The summed E-state index contributed by atoms with van der Waals surface area (Å²) in [5, 5.41) is 3.97. The van der Waals surface area contributed by atoms with Crippen LogP contribution in [0, 0.1) is 0 Å². The molecule has 2 N–H and O–H groups in total. The second kappa shape index (κ2) is 3.58. The summed E-state index contributed by atoms with van der Waals surface area (Å²) < 4.78 is 0. The molecular formula is C7H9N3O3S. The molecule has 0 spiro atoms. The molecule has 0 radical (unpaired) electrons. The second-order valence-corrected chi connectivity index (χ2v) is 4.12. The molecule has 6 nitrogen and oxygen atoms in total. The quantitative estimate of drug-likeness (QED) is 0.570. The van der Waals surface area contributed by atoms with Gasteiger partial charge in [-0.3, -0.25) is 24.6 Å². The molecule has 2 rings (SSSR count). The van der Waals surface area contributed by atoms with Crippen LogP contribution < -0.4 is 10.6 Å². The number of carbonyl (C=O) groups excluding carboxylic acids is 3. The first-order valence-corrected chi connectivity index (χ1v) is 5.07. The van der Waals surface area contributed by atoms with Crippen LogP contribution in [0.25, 0.3) is 0 Å². The van der Waals surface area contributed by atoms with Gasteiger partial charge in [0.15, 0.2) is 0 Å². The van der Waals surface area contributed by atoms with Crippen molar-refractivity contribution in [1.82, 2.24) is 15.5 Å². The predicted octanol–water partition coefficient (Wildman–Crippen LogP) is -1.27. The van der Waals surface area contributed by atoms with Crippen molar-refractivity contribution in [3.63, 3.8) is 0 Å². The fraction of sp³-hybridized carbons (Fsp3) is 0.571. The Morgan fingerprint density at radius 1 is 1.36 bits per heavy atom. The summed E-state index contributed by atoms with van der Waals surface area (Å²) in [6.45, 7) is 1.31. The van der Waals surface area contributed by atoms with Crippen molar-refractivity contribution in [3.8, 4) is 0 Å². The second-order valence-electron chi connectivity index (χ2n) is 3.07. The van der Waals surface area contributed by atoms with Gasteiger partial charge in [-0.1, -0.05) is 0 Å². The van der Waals surface area contributed by atoms with E-state index in [-0.39, 0.29) is 23.6 Å². The standard InChI is InChI=1S/C7H9N3O3S/c11-4-3-10(2-1-8-4)6-5(12)9-7(13)14-6/h6H,1-3H2,(H,8,11)(H,9,12,13). The highest BCUT2D eigenvalue weighted by atomic mass is 32.2. The number of hydrogen-bond donors (Lipinski definition) is 2. The number of rotatable bonds is 1. The average molecular weight is 215 g/mol. The summed E-state index contributed by atoms with van der Waals surface area (Å²) in [6.07, 6.45) is 0. The number of piperazine rings is 1. The molecule has 76 valence electrons. The fourth-order valence-corrected chi connectivity index (χ4v) is 2.30. The maximum Gasteiger partial charge on any atom is 0.287 e. The summed E-state index contributed by atoms with van der Waals surface area (Å²) in [5.41, 5.74) is 0. The van der Waals surface area contributed by atoms with Crippen molar-refractivity contribution in [2.75, 3.05) is 19.6 Å². The lowest BCUT2D eigenvalue weighted by Crippen LogP contribution is -2.52. The molecule has 2 aliphatic rings. The van der Waals surface area contributed by atoms with Gasteiger partial charge in [0.1, 0.15) is 5.37 Å². The minimum Gasteiger partial charge on any atom is -0.354 e. The molecule has 0 aromatic heterocycles. The normalized spacial score (nSPS) is 28.9. The average Bonchev–Trinajstić information content (AvgIpc) is 2.45. The van der Waals surface area contributed by atoms with Gasteiger partial charge >= 0.3 is 0 Å². The third-order valence-corrected chi connectivity index (χ3v) is 3.12. The smallest absolute Gasteiger partial charge is 0.287 e. The first kappa shape index (κ1) is 9.47. The molecule has 0 aromatic carbocycles. The van der Waals surface area contributed by atoms with Gasteiger partial charge in [0.05, 0.1) is 6.54 Å². The summed E-state index contributed by atoms with van der Waals surface area (Å²) in [6, 6.07) is 0. The zero-order chi connectivity index (χ0) is 10.1. The van der Waals surface area contributed by atoms with Crippen LogP contribution in [-0.2, 0) is 9.59 Å². The van der Waals surface area contributed by atoms with Gasteiger partial charge < -0.3 is 5.32 Å². The molecular weight excluding hydrogens is 206 g/mol. The van der Waals surface area contributed by atoms with Crippen molar-refractivity contribution >= 4 is 28.8 Å². The Kier molecular flexibility index (Phi) is 2.42. The summed E-state index contributed by atoms with van der Waals surface area (Å²) in [7, 11) is 0. The van der Waals surface area contributed by atoms with Crippen LogP contribution >= 0.6 is 11.8 Å². The van der Waals surface area contributed by atoms with Gasteiger partial charge in [0, 0.05) is 13.1 Å². The number of nitrogens with zero attached hydrogens (tertiary/aromatic N) is 1. The molecule has 7 heteroatoms. The van der Waals surface area contributed by atoms with Gasteiger partial charge in [0.25, 0.3) is 11.1 Å². The minimum atomic E-state index is -0.534. The van der Waals surface area contributed by atoms with E-state index in [2.05, 4.69) is 10.6 Å². The first-order valence-electron chi connectivity index (χ1n) is 4.19. The van der Waals surface area contributed by atoms with E-state index in [9.17, 15) is 14.4 Å². The highest BCUT2D eigenvalue weighted by Crippen LogP contribution is 2.22. The van der Waals surface area contributed by atoms with Gasteiger partial charge in [-0.15, -0.1) is 0 Å². The maximum atomic E-state index is 11.3. The zero-order valence-electron chi connectivity index (χ0n) is 7.28. The Balaban J connectivity index is 2.03. The van der Waals surface area contributed by atoms with E-state index in [1.807, 2.05) is 0 Å². The minimum absolute atomic E-state index is 0.107. The Hall–Kier alpha value is -1.08. The number of thioether (sulfide) groups is 1. The highest BCUT2D eigenvalue weighted by Gasteiger charge is 2.37. The van der Waals surface area contributed by atoms with Crippen LogP contribution in [-0.4, -0.2) is 47.0 Å². The summed E-state index contributed by atoms with van der Waals surface area (Å²) >= 11 is 0.929. The van der Waals surface area contributed by atoms with Crippen molar-refractivity contribution in [2.24, 2.45) is 0 Å². The SMILES string of the molecule is O=C1CN(C2SC(=O)NC2=O)CCN1. The van der Waals surface area contributed by atoms with Crippen LogP contribution in [0.15, 0.2) is 0 Å². The molecule has 2 heterocycles. The van der Waals surface area contributed by atoms with Crippen LogP contribution in [0.5, 0.6) is 0 Å². The van der Waals surface area contributed by atoms with Crippen molar-refractivity contribution in [2.45, 2.75) is 5.37 Å². The lowest BCUT2D eigenvalue weighted by molar-refractivity contribution is -0.127. The van der Waals surface area contributed by atoms with E-state index in [1.54, 1.807) is 4.90 Å². The molecule has 0 aromatic rings. The lowest BCUT2D eigenvalue weighted by atomic mass is 10.3. The molecule has 2 saturated heterocycles. The van der Waals surface area contributed by atoms with Crippen LogP contribution in [0.2, 0.25) is 0 Å². The largest absolute Gasteiger partial charge is 0.354 e. The molecule has 1 atom stereocenters. The Morgan fingerprint density at radius 2 is 2.14 bits per heavy atom. The first-order chi connectivity index (χ1) is 6.66. The molecule has 0 saturated carbocycles. The fourth-order valence-electron chi connectivity index (χ4n) is 1.45. The number of imide groups is 1. The van der Waals surface area contributed by atoms with Crippen molar-refractivity contribution < 1.29 is 14.4 Å². The van der Waals surface area contributed by atoms with Crippen molar-refractivity contribution in [1.29, 1.82) is 0 Å². The van der Waals surface area contributed by atoms with Gasteiger partial charge in [-0.05, 0) is 11.8 Å².